The van der Waals surface area contributed by atoms with Gasteiger partial charge in [0.25, 0.3) is 0 Å². The second-order valence-corrected chi connectivity index (χ2v) is 5.02. The minimum absolute atomic E-state index is 0.0844. The number of rotatable bonds is 2. The lowest BCUT2D eigenvalue weighted by atomic mass is 9.89. The molecule has 90 valence electrons. The normalized spacial score (nSPS) is 20.9. The maximum absolute atomic E-state index is 6.35. The van der Waals surface area contributed by atoms with Crippen molar-refractivity contribution in [1.82, 2.24) is 0 Å². The van der Waals surface area contributed by atoms with Crippen molar-refractivity contribution in [3.05, 3.63) is 46.5 Å². The Kier molecular flexibility index (Phi) is 3.00. The molecule has 0 aromatic heterocycles. The predicted octanol–water partition coefficient (Wildman–Crippen LogP) is 3.22. The first-order valence-electron chi connectivity index (χ1n) is 6.48. The Morgan fingerprint density at radius 2 is 2.00 bits per heavy atom. The van der Waals surface area contributed by atoms with Crippen molar-refractivity contribution in [2.75, 3.05) is 0 Å². The van der Waals surface area contributed by atoms with Crippen LogP contribution in [0.3, 0.4) is 0 Å². The third kappa shape index (κ3) is 2.15. The van der Waals surface area contributed by atoms with E-state index in [0.29, 0.717) is 0 Å². The van der Waals surface area contributed by atoms with Gasteiger partial charge in [0.1, 0.15) is 0 Å². The van der Waals surface area contributed by atoms with Gasteiger partial charge < -0.3 is 10.5 Å². The summed E-state index contributed by atoms with van der Waals surface area (Å²) >= 11 is 0. The molecule has 2 heteroatoms. The number of hydrogen-bond acceptors (Lipinski definition) is 2. The van der Waals surface area contributed by atoms with Crippen LogP contribution in [0.4, 0.5) is 0 Å². The van der Waals surface area contributed by atoms with Crippen LogP contribution in [-0.2, 0) is 18.0 Å². The van der Waals surface area contributed by atoms with Gasteiger partial charge in [0.2, 0.25) is 0 Å². The zero-order chi connectivity index (χ0) is 11.7. The molecule has 3 rings (SSSR count). The molecule has 0 fully saturated rings. The van der Waals surface area contributed by atoms with E-state index in [9.17, 15) is 0 Å². The lowest BCUT2D eigenvalue weighted by Crippen LogP contribution is -2.15. The number of hydrogen-bond donors (Lipinski definition) is 1. The first-order valence-corrected chi connectivity index (χ1v) is 6.48. The summed E-state index contributed by atoms with van der Waals surface area (Å²) in [7, 11) is 0. The number of allylic oxidation sites excluding steroid dienone is 1. The smallest absolute Gasteiger partial charge is 0.0725 e. The van der Waals surface area contributed by atoms with E-state index in [1.54, 1.807) is 0 Å². The van der Waals surface area contributed by atoms with Crippen LogP contribution in [0.2, 0.25) is 0 Å². The van der Waals surface area contributed by atoms with Gasteiger partial charge in [-0.1, -0.05) is 29.8 Å². The van der Waals surface area contributed by atoms with Crippen molar-refractivity contribution >= 4 is 0 Å². The molecule has 2 aliphatic rings. The second kappa shape index (κ2) is 4.63. The van der Waals surface area contributed by atoms with E-state index in [2.05, 4.69) is 24.3 Å². The lowest BCUT2D eigenvalue weighted by molar-refractivity contribution is 0.134. The van der Waals surface area contributed by atoms with Crippen LogP contribution in [0.25, 0.3) is 0 Å². The Bertz CT molecular complexity index is 450. The predicted molar refractivity (Wildman–Crippen MR) is 68.4 cm³/mol. The summed E-state index contributed by atoms with van der Waals surface area (Å²) in [6.07, 6.45) is 7.28. The fourth-order valence-electron chi connectivity index (χ4n) is 2.74. The molecular formula is C15H19NO. The fourth-order valence-corrected chi connectivity index (χ4v) is 2.74. The van der Waals surface area contributed by atoms with Gasteiger partial charge in [-0.2, -0.15) is 0 Å². The Hall–Kier alpha value is -1.12. The van der Waals surface area contributed by atoms with E-state index in [0.717, 1.165) is 19.6 Å². The minimum atomic E-state index is 0.0844. The fraction of sp³-hybridized carbons (Fsp3) is 0.467. The third-order valence-electron chi connectivity index (χ3n) is 3.83. The zero-order valence-electron chi connectivity index (χ0n) is 10.1. The molecule has 1 aromatic carbocycles. The van der Waals surface area contributed by atoms with Gasteiger partial charge >= 0.3 is 0 Å². The Morgan fingerprint density at radius 3 is 2.82 bits per heavy atom. The lowest BCUT2D eigenvalue weighted by Gasteiger charge is -2.20. The maximum Gasteiger partial charge on any atom is 0.0725 e. The van der Waals surface area contributed by atoms with Gasteiger partial charge in [-0.25, -0.2) is 0 Å². The Morgan fingerprint density at radius 1 is 1.12 bits per heavy atom. The quantitative estimate of drug-likeness (QED) is 0.790. The zero-order valence-corrected chi connectivity index (χ0v) is 10.1. The number of benzene rings is 1. The highest BCUT2D eigenvalue weighted by molar-refractivity contribution is 5.37. The maximum atomic E-state index is 6.35. The van der Waals surface area contributed by atoms with Gasteiger partial charge in [0, 0.05) is 0 Å². The molecule has 0 bridgehead atoms. The summed E-state index contributed by atoms with van der Waals surface area (Å²) in [5.41, 5.74) is 11.6. The van der Waals surface area contributed by atoms with Gasteiger partial charge in [-0.15, -0.1) is 0 Å². The largest absolute Gasteiger partial charge is 0.372 e. The summed E-state index contributed by atoms with van der Waals surface area (Å²) in [5, 5.41) is 0. The average molecular weight is 229 g/mol. The van der Waals surface area contributed by atoms with E-state index in [4.69, 9.17) is 10.5 Å². The Labute approximate surface area is 102 Å². The van der Waals surface area contributed by atoms with Crippen LogP contribution < -0.4 is 5.73 Å². The highest BCUT2D eigenvalue weighted by Crippen LogP contribution is 2.30. The molecule has 0 spiro atoms. The average Bonchev–Trinajstić information content (AvgIpc) is 2.86. The van der Waals surface area contributed by atoms with Crippen LogP contribution in [0, 0.1) is 0 Å². The monoisotopic (exact) mass is 229 g/mol. The number of nitrogens with two attached hydrogens (primary N) is 1. The van der Waals surface area contributed by atoms with Crippen molar-refractivity contribution in [2.45, 2.75) is 44.9 Å². The molecule has 1 aliphatic heterocycles. The Balaban J connectivity index is 1.86. The summed E-state index contributed by atoms with van der Waals surface area (Å²) in [6.45, 7) is 1.50. The summed E-state index contributed by atoms with van der Waals surface area (Å²) in [6, 6.07) is 6.64. The first-order chi connectivity index (χ1) is 8.34. The molecule has 0 saturated heterocycles. The topological polar surface area (TPSA) is 35.2 Å². The SMILES string of the molecule is NC(C1=CCCCC1)c1ccc2c(c1)COC2. The molecule has 17 heavy (non-hydrogen) atoms. The molecule has 0 radical (unpaired) electrons. The number of ether oxygens (including phenoxy) is 1. The van der Waals surface area contributed by atoms with Crippen molar-refractivity contribution < 1.29 is 4.74 Å². The first kappa shape index (κ1) is 11.0. The summed E-state index contributed by atoms with van der Waals surface area (Å²) in [5.74, 6) is 0. The summed E-state index contributed by atoms with van der Waals surface area (Å²) < 4.78 is 5.44. The van der Waals surface area contributed by atoms with Crippen LogP contribution in [0.15, 0.2) is 29.8 Å². The van der Waals surface area contributed by atoms with E-state index in [-0.39, 0.29) is 6.04 Å². The molecular weight excluding hydrogens is 210 g/mol. The van der Waals surface area contributed by atoms with Crippen molar-refractivity contribution in [3.8, 4) is 0 Å². The van der Waals surface area contributed by atoms with Crippen LogP contribution in [0.1, 0.15) is 48.4 Å². The molecule has 2 N–H and O–H groups in total. The second-order valence-electron chi connectivity index (χ2n) is 5.02. The van der Waals surface area contributed by atoms with E-state index in [1.807, 2.05) is 0 Å². The van der Waals surface area contributed by atoms with Gasteiger partial charge in [0.05, 0.1) is 19.3 Å². The van der Waals surface area contributed by atoms with Crippen molar-refractivity contribution in [1.29, 1.82) is 0 Å². The van der Waals surface area contributed by atoms with Gasteiger partial charge in [-0.3, -0.25) is 0 Å². The highest BCUT2D eigenvalue weighted by Gasteiger charge is 2.17. The van der Waals surface area contributed by atoms with E-state index >= 15 is 0 Å². The van der Waals surface area contributed by atoms with E-state index in [1.165, 1.54) is 41.5 Å². The standard InChI is InChI=1S/C15H19NO/c16-15(11-4-2-1-3-5-11)12-6-7-13-9-17-10-14(13)8-12/h4,6-8,15H,1-3,5,9-10,16H2. The molecule has 1 atom stereocenters. The van der Waals surface area contributed by atoms with E-state index < -0.39 is 0 Å². The van der Waals surface area contributed by atoms with Crippen LogP contribution in [0.5, 0.6) is 0 Å². The number of fused-ring (bicyclic) bond motifs is 1. The van der Waals surface area contributed by atoms with Crippen LogP contribution in [-0.4, -0.2) is 0 Å². The molecule has 2 nitrogen and oxygen atoms in total. The third-order valence-corrected chi connectivity index (χ3v) is 3.83. The minimum Gasteiger partial charge on any atom is -0.372 e. The molecule has 1 heterocycles. The molecule has 1 unspecified atom stereocenters. The molecule has 1 aromatic rings. The molecule has 0 saturated carbocycles. The molecule has 1 aliphatic carbocycles. The van der Waals surface area contributed by atoms with Gasteiger partial charge in [0.15, 0.2) is 0 Å². The van der Waals surface area contributed by atoms with Crippen LogP contribution >= 0.6 is 0 Å². The summed E-state index contributed by atoms with van der Waals surface area (Å²) in [4.78, 5) is 0. The highest BCUT2D eigenvalue weighted by atomic mass is 16.5. The van der Waals surface area contributed by atoms with Gasteiger partial charge in [-0.05, 0) is 42.4 Å². The molecule has 0 amide bonds. The van der Waals surface area contributed by atoms with Crippen molar-refractivity contribution in [3.63, 3.8) is 0 Å². The van der Waals surface area contributed by atoms with Crippen molar-refractivity contribution in [2.24, 2.45) is 5.73 Å².